The zero-order valence-electron chi connectivity index (χ0n) is 12.6. The van der Waals surface area contributed by atoms with Gasteiger partial charge < -0.3 is 4.90 Å². The van der Waals surface area contributed by atoms with E-state index in [0.717, 1.165) is 6.07 Å². The molecule has 2 aromatic carbocycles. The Hall–Kier alpha value is -3.11. The molecule has 1 aliphatic heterocycles. The van der Waals surface area contributed by atoms with Crippen molar-refractivity contribution in [2.45, 2.75) is 11.4 Å². The molecule has 3 rings (SSSR count). The molecule has 0 unspecified atom stereocenters. The highest BCUT2D eigenvalue weighted by atomic mass is 32.2. The minimum Gasteiger partial charge on any atom is -0.300 e. The van der Waals surface area contributed by atoms with Crippen LogP contribution in [0, 0.1) is 10.1 Å². The average molecular weight is 361 g/mol. The first-order valence-corrected chi connectivity index (χ1v) is 8.49. The maximum Gasteiger partial charge on any atom is 0.299 e. The largest absolute Gasteiger partial charge is 0.300 e. The summed E-state index contributed by atoms with van der Waals surface area (Å²) in [5.41, 5.74) is 0.708. The molecule has 0 radical (unpaired) electrons. The van der Waals surface area contributed by atoms with E-state index in [2.05, 4.69) is 0 Å². The quantitative estimate of drug-likeness (QED) is 0.489. The van der Waals surface area contributed by atoms with Crippen LogP contribution in [0.4, 0.5) is 11.4 Å². The summed E-state index contributed by atoms with van der Waals surface area (Å²) in [5, 5.41) is 15.7. The molecule has 0 saturated carbocycles. The summed E-state index contributed by atoms with van der Waals surface area (Å²) in [6, 6.07) is 9.16. The number of rotatable bonds is 4. The second kappa shape index (κ2) is 5.76. The molecule has 128 valence electrons. The first-order chi connectivity index (χ1) is 11.7. The second-order valence-electron chi connectivity index (χ2n) is 5.37. The van der Waals surface area contributed by atoms with E-state index in [0.29, 0.717) is 5.56 Å². The van der Waals surface area contributed by atoms with Crippen molar-refractivity contribution in [2.75, 3.05) is 4.90 Å². The zero-order chi connectivity index (χ0) is 18.4. The number of anilines is 1. The molecule has 0 aromatic heterocycles. The lowest BCUT2D eigenvalue weighted by Gasteiger charge is -2.16. The lowest BCUT2D eigenvalue weighted by atomic mass is 10.1. The number of hydrogen-bond acceptors (Lipinski definition) is 6. The van der Waals surface area contributed by atoms with Gasteiger partial charge in [0.05, 0.1) is 27.6 Å². The predicted molar refractivity (Wildman–Crippen MR) is 86.4 cm³/mol. The molecule has 1 aliphatic rings. The van der Waals surface area contributed by atoms with Crippen LogP contribution in [0.2, 0.25) is 0 Å². The Balaban J connectivity index is 1.96. The summed E-state index contributed by atoms with van der Waals surface area (Å²) in [4.78, 5) is 35.3. The third kappa shape index (κ3) is 2.99. The number of ketones is 1. The fourth-order valence-corrected chi connectivity index (χ4v) is 3.06. The number of primary sulfonamides is 1. The van der Waals surface area contributed by atoms with Gasteiger partial charge in [-0.3, -0.25) is 19.7 Å². The minimum absolute atomic E-state index is 0.0181. The van der Waals surface area contributed by atoms with Crippen molar-refractivity contribution in [1.29, 1.82) is 0 Å². The fraction of sp³-hybridized carbons (Fsp3) is 0.0667. The summed E-state index contributed by atoms with van der Waals surface area (Å²) in [7, 11) is -4.00. The molecule has 25 heavy (non-hydrogen) atoms. The Labute approximate surface area is 141 Å². The number of amides is 1. The molecular formula is C15H11N3O6S. The van der Waals surface area contributed by atoms with E-state index in [1.54, 1.807) is 0 Å². The average Bonchev–Trinajstić information content (AvgIpc) is 2.79. The van der Waals surface area contributed by atoms with Crippen molar-refractivity contribution in [1.82, 2.24) is 0 Å². The Bertz CT molecular complexity index is 1010. The molecule has 9 nitrogen and oxygen atoms in total. The van der Waals surface area contributed by atoms with Crippen LogP contribution in [0.15, 0.2) is 47.4 Å². The first-order valence-electron chi connectivity index (χ1n) is 6.95. The maximum atomic E-state index is 12.2. The molecule has 0 spiro atoms. The van der Waals surface area contributed by atoms with E-state index >= 15 is 0 Å². The molecule has 0 saturated heterocycles. The molecule has 1 amide bonds. The standard InChI is InChI=1S/C15H11N3O6S/c16-25(23,24)11-5-6-13-12(7-11)14(19)15(20)17(13)8-9-1-3-10(4-2-9)18(21)22/h1-7H,8H2,(H2,16,23,24). The Kier molecular flexibility index (Phi) is 3.85. The number of benzene rings is 2. The van der Waals surface area contributed by atoms with Crippen LogP contribution in [0.5, 0.6) is 0 Å². The highest BCUT2D eigenvalue weighted by Gasteiger charge is 2.36. The number of nitro benzene ring substituents is 1. The van der Waals surface area contributed by atoms with E-state index < -0.39 is 26.6 Å². The van der Waals surface area contributed by atoms with E-state index in [4.69, 9.17) is 5.14 Å². The number of Topliss-reactive ketones (excluding diaryl/α,β-unsaturated/α-hetero) is 1. The van der Waals surface area contributed by atoms with Crippen LogP contribution < -0.4 is 10.0 Å². The van der Waals surface area contributed by atoms with Crippen LogP contribution >= 0.6 is 0 Å². The number of nitrogens with two attached hydrogens (primary N) is 1. The number of sulfonamides is 1. The molecular weight excluding hydrogens is 350 g/mol. The third-order valence-corrected chi connectivity index (χ3v) is 4.67. The van der Waals surface area contributed by atoms with Crippen LogP contribution in [-0.2, 0) is 21.4 Å². The van der Waals surface area contributed by atoms with Crippen molar-refractivity contribution in [3.05, 3.63) is 63.7 Å². The van der Waals surface area contributed by atoms with Crippen LogP contribution in [-0.4, -0.2) is 25.0 Å². The second-order valence-corrected chi connectivity index (χ2v) is 6.93. The highest BCUT2D eigenvalue weighted by Crippen LogP contribution is 2.32. The van der Waals surface area contributed by atoms with Crippen molar-refractivity contribution >= 4 is 33.1 Å². The van der Waals surface area contributed by atoms with Gasteiger partial charge in [-0.25, -0.2) is 13.6 Å². The van der Waals surface area contributed by atoms with Gasteiger partial charge in [0, 0.05) is 12.1 Å². The molecule has 0 fully saturated rings. The summed E-state index contributed by atoms with van der Waals surface area (Å²) < 4.78 is 22.8. The number of carbonyl (C=O) groups is 2. The van der Waals surface area contributed by atoms with Crippen molar-refractivity contribution in [2.24, 2.45) is 5.14 Å². The van der Waals surface area contributed by atoms with Crippen molar-refractivity contribution < 1.29 is 22.9 Å². The molecule has 0 bridgehead atoms. The maximum absolute atomic E-state index is 12.2. The zero-order valence-corrected chi connectivity index (χ0v) is 13.4. The lowest BCUT2D eigenvalue weighted by molar-refractivity contribution is -0.384. The van der Waals surface area contributed by atoms with Gasteiger partial charge in [0.1, 0.15) is 0 Å². The molecule has 0 atom stereocenters. The van der Waals surface area contributed by atoms with E-state index in [1.807, 2.05) is 0 Å². The van der Waals surface area contributed by atoms with Gasteiger partial charge in [0.2, 0.25) is 10.0 Å². The third-order valence-electron chi connectivity index (χ3n) is 3.76. The monoisotopic (exact) mass is 361 g/mol. The summed E-state index contributed by atoms with van der Waals surface area (Å²) in [5.74, 6) is -1.64. The van der Waals surface area contributed by atoms with Gasteiger partial charge in [-0.1, -0.05) is 12.1 Å². The van der Waals surface area contributed by atoms with Crippen LogP contribution in [0.3, 0.4) is 0 Å². The molecule has 10 heteroatoms. The fourth-order valence-electron chi connectivity index (χ4n) is 2.52. The lowest BCUT2D eigenvalue weighted by Crippen LogP contribution is -2.29. The molecule has 2 N–H and O–H groups in total. The van der Waals surface area contributed by atoms with Crippen molar-refractivity contribution in [3.63, 3.8) is 0 Å². The number of hydrogen-bond donors (Lipinski definition) is 1. The van der Waals surface area contributed by atoms with Gasteiger partial charge in [-0.2, -0.15) is 0 Å². The van der Waals surface area contributed by atoms with Crippen LogP contribution in [0.25, 0.3) is 0 Å². The number of nitro groups is 1. The van der Waals surface area contributed by atoms with Gasteiger partial charge in [0.25, 0.3) is 17.4 Å². The minimum atomic E-state index is -4.00. The molecule has 1 heterocycles. The number of fused-ring (bicyclic) bond motifs is 1. The number of nitrogens with zero attached hydrogens (tertiary/aromatic N) is 2. The SMILES string of the molecule is NS(=O)(=O)c1ccc2c(c1)C(=O)C(=O)N2Cc1ccc([N+](=O)[O-])cc1. The summed E-state index contributed by atoms with van der Waals surface area (Å²) >= 11 is 0. The predicted octanol–water partition coefficient (Wildman–Crippen LogP) is 0.972. The van der Waals surface area contributed by atoms with E-state index in [-0.39, 0.29) is 28.4 Å². The van der Waals surface area contributed by atoms with Gasteiger partial charge >= 0.3 is 0 Å². The number of non-ortho nitro benzene ring substituents is 1. The highest BCUT2D eigenvalue weighted by molar-refractivity contribution is 7.89. The molecule has 0 aliphatic carbocycles. The summed E-state index contributed by atoms with van der Waals surface area (Å²) in [6.45, 7) is 0.0181. The van der Waals surface area contributed by atoms with Gasteiger partial charge in [-0.15, -0.1) is 0 Å². The Morgan fingerprint density at radius 3 is 2.28 bits per heavy atom. The molecule has 2 aromatic rings. The van der Waals surface area contributed by atoms with Gasteiger partial charge in [-0.05, 0) is 23.8 Å². The number of carbonyl (C=O) groups excluding carboxylic acids is 2. The van der Waals surface area contributed by atoms with E-state index in [1.165, 1.54) is 41.3 Å². The Morgan fingerprint density at radius 2 is 1.72 bits per heavy atom. The van der Waals surface area contributed by atoms with Crippen molar-refractivity contribution in [3.8, 4) is 0 Å². The Morgan fingerprint density at radius 1 is 1.08 bits per heavy atom. The normalized spacial score (nSPS) is 13.9. The van der Waals surface area contributed by atoms with E-state index in [9.17, 15) is 28.1 Å². The first kappa shape index (κ1) is 16.7. The van der Waals surface area contributed by atoms with Crippen LogP contribution in [0.1, 0.15) is 15.9 Å². The smallest absolute Gasteiger partial charge is 0.299 e. The summed E-state index contributed by atoms with van der Waals surface area (Å²) in [6.07, 6.45) is 0. The topological polar surface area (TPSA) is 141 Å². The van der Waals surface area contributed by atoms with Gasteiger partial charge in [0.15, 0.2) is 0 Å².